The molecule has 0 aromatic carbocycles. The molecule has 1 N–H and O–H groups in total. The highest BCUT2D eigenvalue weighted by atomic mass is 32.2. The molecular weight excluding hydrogens is 252 g/mol. The van der Waals surface area contributed by atoms with Gasteiger partial charge >= 0.3 is 0 Å². The monoisotopic (exact) mass is 270 g/mol. The molecule has 1 aromatic rings. The van der Waals surface area contributed by atoms with Crippen molar-refractivity contribution >= 4 is 15.7 Å². The zero-order valence-electron chi connectivity index (χ0n) is 10.4. The van der Waals surface area contributed by atoms with Gasteiger partial charge in [-0.1, -0.05) is 0 Å². The maximum atomic E-state index is 11.3. The molecule has 0 atom stereocenters. The molecule has 0 radical (unpaired) electrons. The second-order valence-corrected chi connectivity index (χ2v) is 6.66. The molecule has 1 saturated heterocycles. The number of nitrogens with one attached hydrogen (secondary N) is 1. The first-order valence-electron chi connectivity index (χ1n) is 6.15. The summed E-state index contributed by atoms with van der Waals surface area (Å²) in [5, 5.41) is 3.27. The molecule has 0 amide bonds. The second-order valence-electron chi connectivity index (χ2n) is 4.35. The number of hydrogen-bond acceptors (Lipinski definition) is 5. The minimum absolute atomic E-state index is 0.155. The Kier molecular flexibility index (Phi) is 4.06. The molecular formula is C12H18N2O3S. The van der Waals surface area contributed by atoms with E-state index < -0.39 is 9.84 Å². The SMILES string of the molecule is CCOc1cccnc1NC1CCS(=O)(=O)CC1. The van der Waals surface area contributed by atoms with E-state index in [4.69, 9.17) is 4.74 Å². The van der Waals surface area contributed by atoms with Gasteiger partial charge in [-0.2, -0.15) is 0 Å². The van der Waals surface area contributed by atoms with E-state index in [0.29, 0.717) is 31.0 Å². The van der Waals surface area contributed by atoms with Crippen molar-refractivity contribution in [2.75, 3.05) is 23.4 Å². The predicted octanol–water partition coefficient (Wildman–Crippen LogP) is 1.47. The highest BCUT2D eigenvalue weighted by Gasteiger charge is 2.24. The zero-order valence-corrected chi connectivity index (χ0v) is 11.2. The van der Waals surface area contributed by atoms with Crippen LogP contribution in [-0.2, 0) is 9.84 Å². The van der Waals surface area contributed by atoms with Crippen LogP contribution in [0.25, 0.3) is 0 Å². The number of anilines is 1. The summed E-state index contributed by atoms with van der Waals surface area (Å²) in [6, 6.07) is 3.84. The van der Waals surface area contributed by atoms with Gasteiger partial charge < -0.3 is 10.1 Å². The van der Waals surface area contributed by atoms with Crippen molar-refractivity contribution in [3.63, 3.8) is 0 Å². The molecule has 6 heteroatoms. The molecule has 2 rings (SSSR count). The normalized spacial score (nSPS) is 19.4. The number of aromatic nitrogens is 1. The Labute approximate surface area is 107 Å². The lowest BCUT2D eigenvalue weighted by Crippen LogP contribution is -2.32. The third-order valence-electron chi connectivity index (χ3n) is 2.97. The average Bonchev–Trinajstić information content (AvgIpc) is 2.35. The summed E-state index contributed by atoms with van der Waals surface area (Å²) in [7, 11) is -2.82. The first-order valence-corrected chi connectivity index (χ1v) is 7.97. The van der Waals surface area contributed by atoms with E-state index in [0.717, 1.165) is 0 Å². The van der Waals surface area contributed by atoms with Crippen molar-refractivity contribution in [3.8, 4) is 5.75 Å². The lowest BCUT2D eigenvalue weighted by molar-refractivity contribution is 0.340. The molecule has 0 bridgehead atoms. The first-order chi connectivity index (χ1) is 8.61. The van der Waals surface area contributed by atoms with Gasteiger partial charge in [0.1, 0.15) is 9.84 Å². The second kappa shape index (κ2) is 5.56. The molecule has 1 aliphatic rings. The van der Waals surface area contributed by atoms with Crippen molar-refractivity contribution < 1.29 is 13.2 Å². The summed E-state index contributed by atoms with van der Waals surface area (Å²) in [5.41, 5.74) is 0. The summed E-state index contributed by atoms with van der Waals surface area (Å²) in [6.07, 6.45) is 2.96. The number of rotatable bonds is 4. The Hall–Kier alpha value is -1.30. The van der Waals surface area contributed by atoms with E-state index in [2.05, 4.69) is 10.3 Å². The van der Waals surface area contributed by atoms with E-state index >= 15 is 0 Å². The molecule has 1 fully saturated rings. The highest BCUT2D eigenvalue weighted by molar-refractivity contribution is 7.91. The standard InChI is InChI=1S/C12H18N2O3S/c1-2-17-11-4-3-7-13-12(11)14-10-5-8-18(15,16)9-6-10/h3-4,7,10H,2,5-6,8-9H2,1H3,(H,13,14). The van der Waals surface area contributed by atoms with Crippen LogP contribution in [0.3, 0.4) is 0 Å². The van der Waals surface area contributed by atoms with Crippen LogP contribution in [0.5, 0.6) is 5.75 Å². The lowest BCUT2D eigenvalue weighted by Gasteiger charge is -2.24. The molecule has 0 aliphatic carbocycles. The topological polar surface area (TPSA) is 68.3 Å². The van der Waals surface area contributed by atoms with E-state index in [-0.39, 0.29) is 17.5 Å². The van der Waals surface area contributed by atoms with Crippen molar-refractivity contribution in [2.24, 2.45) is 0 Å². The molecule has 1 aliphatic heterocycles. The fraction of sp³-hybridized carbons (Fsp3) is 0.583. The fourth-order valence-electron chi connectivity index (χ4n) is 2.00. The Balaban J connectivity index is 2.02. The van der Waals surface area contributed by atoms with Crippen LogP contribution in [0.15, 0.2) is 18.3 Å². The van der Waals surface area contributed by atoms with Crippen LogP contribution in [-0.4, -0.2) is 37.6 Å². The predicted molar refractivity (Wildman–Crippen MR) is 70.7 cm³/mol. The van der Waals surface area contributed by atoms with Crippen LogP contribution in [0.2, 0.25) is 0 Å². The van der Waals surface area contributed by atoms with Crippen molar-refractivity contribution in [3.05, 3.63) is 18.3 Å². The maximum Gasteiger partial charge on any atom is 0.168 e. The molecule has 100 valence electrons. The summed E-state index contributed by atoms with van der Waals surface area (Å²) in [4.78, 5) is 4.24. The molecule has 0 unspecified atom stereocenters. The van der Waals surface area contributed by atoms with Crippen LogP contribution in [0.4, 0.5) is 5.82 Å². The van der Waals surface area contributed by atoms with Gasteiger partial charge in [-0.05, 0) is 31.9 Å². The van der Waals surface area contributed by atoms with Crippen LogP contribution in [0, 0.1) is 0 Å². The molecule has 0 spiro atoms. The van der Waals surface area contributed by atoms with Gasteiger partial charge in [0.15, 0.2) is 11.6 Å². The molecule has 0 saturated carbocycles. The van der Waals surface area contributed by atoms with Gasteiger partial charge in [0, 0.05) is 12.2 Å². The highest BCUT2D eigenvalue weighted by Crippen LogP contribution is 2.24. The summed E-state index contributed by atoms with van der Waals surface area (Å²) in [5.74, 6) is 1.92. The van der Waals surface area contributed by atoms with E-state index in [1.165, 1.54) is 0 Å². The van der Waals surface area contributed by atoms with Crippen LogP contribution < -0.4 is 10.1 Å². The van der Waals surface area contributed by atoms with Gasteiger partial charge in [-0.3, -0.25) is 0 Å². The Morgan fingerprint density at radius 3 is 2.83 bits per heavy atom. The van der Waals surface area contributed by atoms with Gasteiger partial charge in [-0.15, -0.1) is 0 Å². The number of sulfone groups is 1. The van der Waals surface area contributed by atoms with Crippen LogP contribution >= 0.6 is 0 Å². The fourth-order valence-corrected chi connectivity index (χ4v) is 3.49. The van der Waals surface area contributed by atoms with Crippen molar-refractivity contribution in [1.82, 2.24) is 4.98 Å². The average molecular weight is 270 g/mol. The zero-order chi connectivity index (χ0) is 13.0. The number of ether oxygens (including phenoxy) is 1. The van der Waals surface area contributed by atoms with E-state index in [1.54, 1.807) is 6.20 Å². The number of pyridine rings is 1. The van der Waals surface area contributed by atoms with Gasteiger partial charge in [0.25, 0.3) is 0 Å². The van der Waals surface area contributed by atoms with Crippen molar-refractivity contribution in [2.45, 2.75) is 25.8 Å². The Morgan fingerprint density at radius 1 is 1.44 bits per heavy atom. The van der Waals surface area contributed by atoms with E-state index in [1.807, 2.05) is 19.1 Å². The molecule has 2 heterocycles. The Bertz CT molecular complexity index is 488. The smallest absolute Gasteiger partial charge is 0.168 e. The largest absolute Gasteiger partial charge is 0.490 e. The molecule has 1 aromatic heterocycles. The first kappa shape index (κ1) is 13.1. The Morgan fingerprint density at radius 2 is 2.17 bits per heavy atom. The summed E-state index contributed by atoms with van der Waals surface area (Å²) >= 11 is 0. The van der Waals surface area contributed by atoms with Crippen LogP contribution in [0.1, 0.15) is 19.8 Å². The van der Waals surface area contributed by atoms with Crippen molar-refractivity contribution in [1.29, 1.82) is 0 Å². The van der Waals surface area contributed by atoms with Gasteiger partial charge in [0.2, 0.25) is 0 Å². The van der Waals surface area contributed by atoms with Gasteiger partial charge in [-0.25, -0.2) is 13.4 Å². The molecule has 5 nitrogen and oxygen atoms in total. The van der Waals surface area contributed by atoms with Gasteiger partial charge in [0.05, 0.1) is 18.1 Å². The quantitative estimate of drug-likeness (QED) is 0.897. The summed E-state index contributed by atoms with van der Waals surface area (Å²) < 4.78 is 28.2. The third-order valence-corrected chi connectivity index (χ3v) is 4.68. The minimum Gasteiger partial charge on any atom is -0.490 e. The molecule has 18 heavy (non-hydrogen) atoms. The van der Waals surface area contributed by atoms with E-state index in [9.17, 15) is 8.42 Å². The summed E-state index contributed by atoms with van der Waals surface area (Å²) in [6.45, 7) is 2.50. The number of hydrogen-bond donors (Lipinski definition) is 1. The maximum absolute atomic E-state index is 11.3. The third kappa shape index (κ3) is 3.35. The minimum atomic E-state index is -2.82. The number of nitrogens with zero attached hydrogens (tertiary/aromatic N) is 1. The lowest BCUT2D eigenvalue weighted by atomic mass is 10.1.